The highest BCUT2D eigenvalue weighted by Gasteiger charge is 2.49. The van der Waals surface area contributed by atoms with Crippen LogP contribution in [0.3, 0.4) is 0 Å². The van der Waals surface area contributed by atoms with Gasteiger partial charge in [0, 0.05) is 12.0 Å². The second-order valence-electron chi connectivity index (χ2n) is 6.10. The summed E-state index contributed by atoms with van der Waals surface area (Å²) in [4.78, 5) is 26.4. The van der Waals surface area contributed by atoms with Crippen LogP contribution in [0.4, 0.5) is 0 Å². The third kappa shape index (κ3) is 2.83. The smallest absolute Gasteiger partial charge is 0.236 e. The van der Waals surface area contributed by atoms with Gasteiger partial charge >= 0.3 is 0 Å². The molecule has 1 aromatic rings. The van der Waals surface area contributed by atoms with Crippen molar-refractivity contribution in [1.82, 2.24) is 4.90 Å². The van der Waals surface area contributed by atoms with Crippen LogP contribution in [0, 0.1) is 11.3 Å². The van der Waals surface area contributed by atoms with Crippen molar-refractivity contribution in [3.8, 4) is 0 Å². The van der Waals surface area contributed by atoms with Gasteiger partial charge in [0.05, 0.1) is 12.0 Å². The predicted octanol–water partition coefficient (Wildman–Crippen LogP) is 2.24. The van der Waals surface area contributed by atoms with E-state index in [0.29, 0.717) is 11.5 Å². The van der Waals surface area contributed by atoms with Crippen LogP contribution in [0.15, 0.2) is 24.3 Å². The van der Waals surface area contributed by atoms with Gasteiger partial charge in [0.25, 0.3) is 0 Å². The average Bonchev–Trinajstić information content (AvgIpc) is 2.64. The molecule has 1 aromatic carbocycles. The number of carbonyl (C=O) groups is 2. The lowest BCUT2D eigenvalue weighted by molar-refractivity contribution is -0.142. The minimum Gasteiger partial charge on any atom is -0.389 e. The third-order valence-corrected chi connectivity index (χ3v) is 4.64. The first-order valence-electron chi connectivity index (χ1n) is 6.99. The Labute approximate surface area is 130 Å². The molecule has 1 aliphatic rings. The topological polar surface area (TPSA) is 63.4 Å². The Morgan fingerprint density at radius 3 is 2.33 bits per heavy atom. The van der Waals surface area contributed by atoms with Crippen molar-refractivity contribution in [3.63, 3.8) is 0 Å². The van der Waals surface area contributed by atoms with Gasteiger partial charge in [-0.3, -0.25) is 14.5 Å². The molecule has 0 saturated carbocycles. The van der Waals surface area contributed by atoms with Crippen LogP contribution >= 0.6 is 12.2 Å². The number of rotatable bonds is 4. The summed E-state index contributed by atoms with van der Waals surface area (Å²) in [5.41, 5.74) is 6.64. The van der Waals surface area contributed by atoms with Crippen molar-refractivity contribution >= 4 is 29.0 Å². The SMILES string of the molecule is CC(C)C1(C)CC(=O)N(Cc2ccc(C(N)=S)cc2)C1=O. The molecule has 21 heavy (non-hydrogen) atoms. The molecule has 0 aliphatic carbocycles. The van der Waals surface area contributed by atoms with Crippen molar-refractivity contribution in [1.29, 1.82) is 0 Å². The number of nitrogens with two attached hydrogens (primary N) is 1. The number of nitrogens with zero attached hydrogens (tertiary/aromatic N) is 1. The molecule has 1 fully saturated rings. The zero-order valence-electron chi connectivity index (χ0n) is 12.6. The molecule has 1 unspecified atom stereocenters. The van der Waals surface area contributed by atoms with Crippen molar-refractivity contribution in [2.45, 2.75) is 33.7 Å². The van der Waals surface area contributed by atoms with Gasteiger partial charge in [-0.1, -0.05) is 50.3 Å². The molecule has 4 nitrogen and oxygen atoms in total. The van der Waals surface area contributed by atoms with E-state index in [1.165, 1.54) is 4.90 Å². The molecule has 112 valence electrons. The highest BCUT2D eigenvalue weighted by atomic mass is 32.1. The summed E-state index contributed by atoms with van der Waals surface area (Å²) >= 11 is 4.90. The molecule has 0 spiro atoms. The molecule has 1 atom stereocenters. The van der Waals surface area contributed by atoms with Gasteiger partial charge in [0.1, 0.15) is 4.99 Å². The first-order chi connectivity index (χ1) is 9.75. The number of amides is 2. The van der Waals surface area contributed by atoms with Crippen LogP contribution in [-0.2, 0) is 16.1 Å². The molecule has 1 saturated heterocycles. The number of hydrogen-bond donors (Lipinski definition) is 1. The van der Waals surface area contributed by atoms with Gasteiger partial charge < -0.3 is 5.73 Å². The fourth-order valence-electron chi connectivity index (χ4n) is 2.47. The Hall–Kier alpha value is -1.75. The molecule has 1 aliphatic heterocycles. The minimum absolute atomic E-state index is 0.0825. The highest BCUT2D eigenvalue weighted by molar-refractivity contribution is 7.80. The standard InChI is InChI=1S/C16H20N2O2S/c1-10(2)16(3)8-13(19)18(15(16)20)9-11-4-6-12(7-5-11)14(17)21/h4-7,10H,8-9H2,1-3H3,(H2,17,21). The van der Waals surface area contributed by atoms with E-state index in [0.717, 1.165) is 11.1 Å². The van der Waals surface area contributed by atoms with E-state index in [9.17, 15) is 9.59 Å². The summed E-state index contributed by atoms with van der Waals surface area (Å²) in [6, 6.07) is 7.31. The van der Waals surface area contributed by atoms with Gasteiger partial charge in [-0.05, 0) is 18.4 Å². The first kappa shape index (κ1) is 15.6. The molecular formula is C16H20N2O2S. The van der Waals surface area contributed by atoms with Gasteiger partial charge in [-0.2, -0.15) is 0 Å². The largest absolute Gasteiger partial charge is 0.389 e. The normalized spacial score (nSPS) is 22.2. The maximum atomic E-state index is 12.5. The summed E-state index contributed by atoms with van der Waals surface area (Å²) in [6.07, 6.45) is 0.286. The zero-order chi connectivity index (χ0) is 15.8. The predicted molar refractivity (Wildman–Crippen MR) is 85.4 cm³/mol. The Morgan fingerprint density at radius 2 is 1.90 bits per heavy atom. The summed E-state index contributed by atoms with van der Waals surface area (Å²) in [7, 11) is 0. The van der Waals surface area contributed by atoms with Crippen molar-refractivity contribution in [2.24, 2.45) is 17.1 Å². The van der Waals surface area contributed by atoms with E-state index in [1.54, 1.807) is 0 Å². The number of hydrogen-bond acceptors (Lipinski definition) is 3. The maximum absolute atomic E-state index is 12.5. The Bertz CT molecular complexity index is 595. The van der Waals surface area contributed by atoms with Crippen LogP contribution in [0.2, 0.25) is 0 Å². The van der Waals surface area contributed by atoms with Gasteiger partial charge in [-0.15, -0.1) is 0 Å². The molecule has 5 heteroatoms. The molecule has 1 heterocycles. The van der Waals surface area contributed by atoms with Gasteiger partial charge in [-0.25, -0.2) is 0 Å². The molecule has 2 N–H and O–H groups in total. The Balaban J connectivity index is 2.18. The monoisotopic (exact) mass is 304 g/mol. The summed E-state index contributed by atoms with van der Waals surface area (Å²) in [5, 5.41) is 0. The van der Waals surface area contributed by atoms with Crippen LogP contribution in [0.1, 0.15) is 38.3 Å². The third-order valence-electron chi connectivity index (χ3n) is 4.41. The Kier molecular flexibility index (Phi) is 4.14. The van der Waals surface area contributed by atoms with E-state index < -0.39 is 5.41 Å². The minimum atomic E-state index is -0.587. The lowest BCUT2D eigenvalue weighted by Gasteiger charge is -2.26. The van der Waals surface area contributed by atoms with E-state index in [2.05, 4.69) is 0 Å². The second-order valence-corrected chi connectivity index (χ2v) is 6.53. The zero-order valence-corrected chi connectivity index (χ0v) is 13.4. The van der Waals surface area contributed by atoms with Crippen LogP contribution in [-0.4, -0.2) is 21.7 Å². The lowest BCUT2D eigenvalue weighted by Crippen LogP contribution is -2.36. The number of thiocarbonyl (C=S) groups is 1. The second kappa shape index (κ2) is 5.56. The number of likely N-dealkylation sites (tertiary alicyclic amines) is 1. The molecule has 0 radical (unpaired) electrons. The van der Waals surface area contributed by atoms with E-state index >= 15 is 0 Å². The van der Waals surface area contributed by atoms with Gasteiger partial charge in [0.15, 0.2) is 0 Å². The van der Waals surface area contributed by atoms with Crippen molar-refractivity contribution < 1.29 is 9.59 Å². The van der Waals surface area contributed by atoms with Crippen LogP contribution < -0.4 is 5.73 Å². The number of benzene rings is 1. The van der Waals surface area contributed by atoms with E-state index in [4.69, 9.17) is 18.0 Å². The molecule has 0 aromatic heterocycles. The number of carbonyl (C=O) groups excluding carboxylic acids is 2. The quantitative estimate of drug-likeness (QED) is 0.684. The highest BCUT2D eigenvalue weighted by Crippen LogP contribution is 2.39. The molecule has 0 bridgehead atoms. The molecule has 2 amide bonds. The number of imide groups is 1. The lowest BCUT2D eigenvalue weighted by atomic mass is 9.78. The van der Waals surface area contributed by atoms with Crippen LogP contribution in [0.25, 0.3) is 0 Å². The van der Waals surface area contributed by atoms with E-state index in [-0.39, 0.29) is 24.2 Å². The first-order valence-corrected chi connectivity index (χ1v) is 7.40. The van der Waals surface area contributed by atoms with Crippen molar-refractivity contribution in [2.75, 3.05) is 0 Å². The molecular weight excluding hydrogens is 284 g/mol. The van der Waals surface area contributed by atoms with Crippen LogP contribution in [0.5, 0.6) is 0 Å². The average molecular weight is 304 g/mol. The summed E-state index contributed by atoms with van der Waals surface area (Å²) < 4.78 is 0. The summed E-state index contributed by atoms with van der Waals surface area (Å²) in [5.74, 6) is -0.0496. The molecule has 2 rings (SSSR count). The van der Waals surface area contributed by atoms with E-state index in [1.807, 2.05) is 45.0 Å². The fraction of sp³-hybridized carbons (Fsp3) is 0.438. The van der Waals surface area contributed by atoms with Crippen molar-refractivity contribution in [3.05, 3.63) is 35.4 Å². The summed E-state index contributed by atoms with van der Waals surface area (Å²) in [6.45, 7) is 6.13. The fourth-order valence-corrected chi connectivity index (χ4v) is 2.61. The van der Waals surface area contributed by atoms with Gasteiger partial charge in [0.2, 0.25) is 11.8 Å². The maximum Gasteiger partial charge on any atom is 0.236 e. The Morgan fingerprint density at radius 1 is 1.33 bits per heavy atom.